The first kappa shape index (κ1) is 28.7. The number of nitrogens with zero attached hydrogens (tertiary/aromatic N) is 2. The molecule has 0 fully saturated rings. The van der Waals surface area contributed by atoms with Gasteiger partial charge in [-0.2, -0.15) is 0 Å². The van der Waals surface area contributed by atoms with Crippen LogP contribution in [0.3, 0.4) is 0 Å². The highest BCUT2D eigenvalue weighted by Crippen LogP contribution is 2.41. The van der Waals surface area contributed by atoms with Crippen molar-refractivity contribution in [3.05, 3.63) is 90.0 Å². The first-order valence-electron chi connectivity index (χ1n) is 13.7. The molecule has 1 heterocycles. The lowest BCUT2D eigenvalue weighted by atomic mass is 9.85. The zero-order valence-electron chi connectivity index (χ0n) is 23.8. The molecular weight excluding hydrogens is 502 g/mol. The zero-order valence-corrected chi connectivity index (χ0v) is 23.8. The van der Waals surface area contributed by atoms with Crippen molar-refractivity contribution in [3.63, 3.8) is 0 Å². The van der Waals surface area contributed by atoms with Crippen molar-refractivity contribution in [2.24, 2.45) is 5.73 Å². The van der Waals surface area contributed by atoms with Crippen molar-refractivity contribution in [1.82, 2.24) is 5.32 Å². The second-order valence-electron chi connectivity index (χ2n) is 11.6. The fraction of sp³-hybridized carbons (Fsp3) is 0.344. The second kappa shape index (κ2) is 11.8. The molecule has 8 nitrogen and oxygen atoms in total. The van der Waals surface area contributed by atoms with Crippen molar-refractivity contribution in [2.75, 3.05) is 21.7 Å². The number of hydrogen-bond acceptors (Lipinski definition) is 4. The number of primary amides is 1. The SMILES string of the molecule is CC(C)Nc1cccc(N(C(N)=O)C2CC(c3ccccc3)c3ccccc3N(CC(=O)NC(C)(C)C)C2=O)c1. The number of para-hydroxylation sites is 1. The summed E-state index contributed by atoms with van der Waals surface area (Å²) in [5, 5.41) is 6.30. The highest BCUT2D eigenvalue weighted by molar-refractivity contribution is 6.08. The summed E-state index contributed by atoms with van der Waals surface area (Å²) in [7, 11) is 0. The minimum atomic E-state index is -0.952. The highest BCUT2D eigenvalue weighted by Gasteiger charge is 2.41. The maximum absolute atomic E-state index is 14.4. The molecular formula is C32H39N5O3. The summed E-state index contributed by atoms with van der Waals surface area (Å²) in [6.07, 6.45) is 0.294. The highest BCUT2D eigenvalue weighted by atomic mass is 16.2. The number of amides is 4. The Morgan fingerprint density at radius 3 is 2.33 bits per heavy atom. The van der Waals surface area contributed by atoms with E-state index in [4.69, 9.17) is 5.73 Å². The second-order valence-corrected chi connectivity index (χ2v) is 11.6. The van der Waals surface area contributed by atoms with E-state index >= 15 is 0 Å². The number of carbonyl (C=O) groups is 3. The minimum absolute atomic E-state index is 0.172. The lowest BCUT2D eigenvalue weighted by Crippen LogP contribution is -2.55. The maximum Gasteiger partial charge on any atom is 0.320 e. The van der Waals surface area contributed by atoms with Gasteiger partial charge in [0.2, 0.25) is 5.91 Å². The number of rotatable bonds is 7. The molecule has 0 spiro atoms. The number of urea groups is 1. The van der Waals surface area contributed by atoms with Gasteiger partial charge in [-0.05, 0) is 76.4 Å². The van der Waals surface area contributed by atoms with Gasteiger partial charge < -0.3 is 21.3 Å². The van der Waals surface area contributed by atoms with E-state index in [1.54, 1.807) is 6.07 Å². The van der Waals surface area contributed by atoms with Gasteiger partial charge in [-0.1, -0.05) is 54.6 Å². The van der Waals surface area contributed by atoms with Gasteiger partial charge in [0.1, 0.15) is 12.6 Å². The molecule has 4 N–H and O–H groups in total. The van der Waals surface area contributed by atoms with Crippen LogP contribution in [0.2, 0.25) is 0 Å². The van der Waals surface area contributed by atoms with E-state index in [9.17, 15) is 14.4 Å². The number of nitrogens with one attached hydrogen (secondary N) is 2. The van der Waals surface area contributed by atoms with Gasteiger partial charge in [0.05, 0.1) is 0 Å². The molecule has 8 heteroatoms. The number of fused-ring (bicyclic) bond motifs is 1. The monoisotopic (exact) mass is 541 g/mol. The summed E-state index contributed by atoms with van der Waals surface area (Å²) in [5.74, 6) is -0.877. The Morgan fingerprint density at radius 1 is 1.00 bits per heavy atom. The molecule has 3 aromatic carbocycles. The molecule has 0 bridgehead atoms. The number of anilines is 3. The molecule has 0 saturated heterocycles. The van der Waals surface area contributed by atoms with Crippen LogP contribution in [0.15, 0.2) is 78.9 Å². The smallest absolute Gasteiger partial charge is 0.320 e. The number of nitrogens with two attached hydrogens (primary N) is 1. The molecule has 0 aromatic heterocycles. The molecule has 210 valence electrons. The third kappa shape index (κ3) is 6.62. The first-order chi connectivity index (χ1) is 18.9. The Labute approximate surface area is 236 Å². The van der Waals surface area contributed by atoms with E-state index in [1.807, 2.05) is 107 Å². The van der Waals surface area contributed by atoms with Gasteiger partial charge >= 0.3 is 6.03 Å². The van der Waals surface area contributed by atoms with Gasteiger partial charge in [-0.3, -0.25) is 14.5 Å². The molecule has 0 radical (unpaired) electrons. The predicted octanol–water partition coefficient (Wildman–Crippen LogP) is 5.24. The van der Waals surface area contributed by atoms with Crippen LogP contribution in [0.25, 0.3) is 0 Å². The van der Waals surface area contributed by atoms with Crippen molar-refractivity contribution < 1.29 is 14.4 Å². The third-order valence-corrected chi connectivity index (χ3v) is 6.76. The first-order valence-corrected chi connectivity index (χ1v) is 13.7. The number of carbonyl (C=O) groups excluding carboxylic acids is 3. The largest absolute Gasteiger partial charge is 0.383 e. The summed E-state index contributed by atoms with van der Waals surface area (Å²) < 4.78 is 0. The Balaban J connectivity index is 1.86. The van der Waals surface area contributed by atoms with Gasteiger partial charge in [0.25, 0.3) is 5.91 Å². The number of hydrogen-bond donors (Lipinski definition) is 3. The normalized spacial score (nSPS) is 17.1. The fourth-order valence-corrected chi connectivity index (χ4v) is 5.30. The summed E-state index contributed by atoms with van der Waals surface area (Å²) in [6.45, 7) is 9.54. The van der Waals surface area contributed by atoms with Crippen LogP contribution in [0, 0.1) is 0 Å². The summed E-state index contributed by atoms with van der Waals surface area (Å²) in [5.41, 5.74) is 9.41. The van der Waals surface area contributed by atoms with Gasteiger partial charge in [-0.15, -0.1) is 0 Å². The molecule has 0 saturated carbocycles. The van der Waals surface area contributed by atoms with E-state index in [1.165, 1.54) is 9.80 Å². The van der Waals surface area contributed by atoms with E-state index < -0.39 is 17.6 Å². The van der Waals surface area contributed by atoms with Crippen molar-refractivity contribution in [1.29, 1.82) is 0 Å². The van der Waals surface area contributed by atoms with Crippen LogP contribution in [0.4, 0.5) is 21.9 Å². The standard InChI is InChI=1S/C32H39N5O3/c1-21(2)34-23-14-11-15-24(18-23)37(31(33)40)28-19-26(22-12-7-6-8-13-22)25-16-9-10-17-27(25)36(30(28)39)20-29(38)35-32(3,4)5/h6-18,21,26,28,34H,19-20H2,1-5H3,(H2,33,40)(H,35,38). The third-order valence-electron chi connectivity index (χ3n) is 6.76. The average molecular weight is 542 g/mol. The van der Waals surface area contributed by atoms with Crippen LogP contribution >= 0.6 is 0 Å². The summed E-state index contributed by atoms with van der Waals surface area (Å²) in [6, 6.07) is 23.3. The van der Waals surface area contributed by atoms with Crippen LogP contribution in [-0.2, 0) is 9.59 Å². The minimum Gasteiger partial charge on any atom is -0.383 e. The Hall–Kier alpha value is -4.33. The summed E-state index contributed by atoms with van der Waals surface area (Å²) in [4.78, 5) is 43.6. The Kier molecular flexibility index (Phi) is 8.47. The topological polar surface area (TPSA) is 108 Å². The van der Waals surface area contributed by atoms with Crippen molar-refractivity contribution >= 4 is 34.9 Å². The van der Waals surface area contributed by atoms with E-state index in [0.717, 1.165) is 16.8 Å². The van der Waals surface area contributed by atoms with Gasteiger partial charge in [0.15, 0.2) is 0 Å². The molecule has 2 unspecified atom stereocenters. The zero-order chi connectivity index (χ0) is 29.0. The summed E-state index contributed by atoms with van der Waals surface area (Å²) >= 11 is 0. The maximum atomic E-state index is 14.4. The number of benzene rings is 3. The van der Waals surface area contributed by atoms with Gasteiger partial charge in [-0.25, -0.2) is 4.79 Å². The van der Waals surface area contributed by atoms with Crippen molar-refractivity contribution in [2.45, 2.75) is 64.6 Å². The molecule has 4 amide bonds. The van der Waals surface area contributed by atoms with Crippen LogP contribution < -0.4 is 26.2 Å². The molecule has 40 heavy (non-hydrogen) atoms. The quantitative estimate of drug-likeness (QED) is 0.380. The lowest BCUT2D eigenvalue weighted by Gasteiger charge is -2.33. The molecule has 1 aliphatic rings. The van der Waals surface area contributed by atoms with Crippen LogP contribution in [0.5, 0.6) is 0 Å². The van der Waals surface area contributed by atoms with E-state index in [0.29, 0.717) is 17.8 Å². The molecule has 3 aromatic rings. The Bertz CT molecular complexity index is 1370. The Morgan fingerprint density at radius 2 is 1.68 bits per heavy atom. The fourth-order valence-electron chi connectivity index (χ4n) is 5.30. The van der Waals surface area contributed by atoms with E-state index in [2.05, 4.69) is 10.6 Å². The van der Waals surface area contributed by atoms with Gasteiger partial charge in [0, 0.05) is 34.6 Å². The molecule has 2 atom stereocenters. The van der Waals surface area contributed by atoms with Crippen LogP contribution in [0.1, 0.15) is 58.1 Å². The predicted molar refractivity (Wildman–Crippen MR) is 161 cm³/mol. The van der Waals surface area contributed by atoms with E-state index in [-0.39, 0.29) is 30.3 Å². The van der Waals surface area contributed by atoms with Crippen LogP contribution in [-0.4, -0.2) is 42.0 Å². The molecule has 1 aliphatic heterocycles. The average Bonchev–Trinajstić information content (AvgIpc) is 2.99. The molecule has 4 rings (SSSR count). The van der Waals surface area contributed by atoms with Crippen molar-refractivity contribution in [3.8, 4) is 0 Å². The lowest BCUT2D eigenvalue weighted by molar-refractivity contribution is -0.125. The molecule has 0 aliphatic carbocycles.